The highest BCUT2D eigenvalue weighted by Gasteiger charge is 2.18. The van der Waals surface area contributed by atoms with Crippen molar-refractivity contribution in [3.63, 3.8) is 0 Å². The van der Waals surface area contributed by atoms with Gasteiger partial charge in [-0.25, -0.2) is 0 Å². The molecular formula is C19H24Cl4N2. The van der Waals surface area contributed by atoms with Crippen LogP contribution in [0.4, 0.5) is 0 Å². The second kappa shape index (κ2) is 11.3. The lowest BCUT2D eigenvalue weighted by molar-refractivity contribution is 0.190. The first-order chi connectivity index (χ1) is 11.2. The normalized spacial score (nSPS) is 15.3. The number of nitrogens with zero attached hydrogens (tertiary/aromatic N) is 1. The van der Waals surface area contributed by atoms with Gasteiger partial charge in [0.2, 0.25) is 0 Å². The van der Waals surface area contributed by atoms with Crippen LogP contribution < -0.4 is 5.32 Å². The maximum absolute atomic E-state index is 6.07. The molecule has 1 saturated heterocycles. The van der Waals surface area contributed by atoms with E-state index in [4.69, 9.17) is 23.2 Å². The average molecular weight is 422 g/mol. The van der Waals surface area contributed by atoms with Crippen LogP contribution in [-0.2, 0) is 13.1 Å². The molecule has 0 amide bonds. The van der Waals surface area contributed by atoms with Gasteiger partial charge in [0.15, 0.2) is 0 Å². The van der Waals surface area contributed by atoms with Crippen molar-refractivity contribution in [2.24, 2.45) is 0 Å². The first kappa shape index (κ1) is 22.6. The zero-order chi connectivity index (χ0) is 16.1. The summed E-state index contributed by atoms with van der Waals surface area (Å²) in [5.41, 5.74) is 2.58. The van der Waals surface area contributed by atoms with E-state index in [0.717, 1.165) is 26.2 Å². The maximum atomic E-state index is 6.07. The first-order valence-corrected chi connectivity index (χ1v) is 8.90. The van der Waals surface area contributed by atoms with Gasteiger partial charge in [-0.05, 0) is 49.2 Å². The third kappa shape index (κ3) is 6.97. The fraction of sp³-hybridized carbons (Fsp3) is 0.368. The van der Waals surface area contributed by atoms with Gasteiger partial charge in [-0.1, -0.05) is 59.6 Å². The van der Waals surface area contributed by atoms with Crippen molar-refractivity contribution < 1.29 is 0 Å². The zero-order valence-electron chi connectivity index (χ0n) is 14.0. The lowest BCUT2D eigenvalue weighted by Crippen LogP contribution is -2.41. The summed E-state index contributed by atoms with van der Waals surface area (Å²) in [6.07, 6.45) is 2.38. The summed E-state index contributed by atoms with van der Waals surface area (Å²) in [4.78, 5) is 2.53. The Hall–Kier alpha value is -0.480. The third-order valence-electron chi connectivity index (χ3n) is 4.42. The van der Waals surface area contributed by atoms with Crippen LogP contribution in [0.15, 0.2) is 48.5 Å². The highest BCUT2D eigenvalue weighted by molar-refractivity contribution is 6.42. The Balaban J connectivity index is 0.00000156. The zero-order valence-corrected chi connectivity index (χ0v) is 17.1. The van der Waals surface area contributed by atoms with E-state index in [9.17, 15) is 0 Å². The standard InChI is InChI=1S/C19H22Cl2N2.2ClH/c20-18-7-6-16(12-19(18)21)13-22-17-8-10-23(11-9-17)14-15-4-2-1-3-5-15;;/h1-7,12,17,22H,8-11,13-14H2;2*1H. The Morgan fingerprint density at radius 2 is 1.56 bits per heavy atom. The van der Waals surface area contributed by atoms with Crippen LogP contribution in [-0.4, -0.2) is 24.0 Å². The van der Waals surface area contributed by atoms with Gasteiger partial charge in [0.05, 0.1) is 10.0 Å². The first-order valence-electron chi connectivity index (χ1n) is 8.14. The number of piperidine rings is 1. The summed E-state index contributed by atoms with van der Waals surface area (Å²) in [5, 5.41) is 4.88. The van der Waals surface area contributed by atoms with E-state index < -0.39 is 0 Å². The van der Waals surface area contributed by atoms with Gasteiger partial charge in [0.25, 0.3) is 0 Å². The highest BCUT2D eigenvalue weighted by atomic mass is 35.5. The third-order valence-corrected chi connectivity index (χ3v) is 5.15. The molecule has 0 atom stereocenters. The van der Waals surface area contributed by atoms with Crippen LogP contribution in [0, 0.1) is 0 Å². The van der Waals surface area contributed by atoms with Crippen molar-refractivity contribution in [1.82, 2.24) is 10.2 Å². The van der Waals surface area contributed by atoms with E-state index in [1.165, 1.54) is 24.0 Å². The van der Waals surface area contributed by atoms with Crippen molar-refractivity contribution in [3.8, 4) is 0 Å². The molecule has 1 fully saturated rings. The molecule has 25 heavy (non-hydrogen) atoms. The van der Waals surface area contributed by atoms with E-state index in [0.29, 0.717) is 16.1 Å². The van der Waals surface area contributed by atoms with E-state index >= 15 is 0 Å². The summed E-state index contributed by atoms with van der Waals surface area (Å²) in [7, 11) is 0. The van der Waals surface area contributed by atoms with Crippen LogP contribution in [0.25, 0.3) is 0 Å². The van der Waals surface area contributed by atoms with Crippen molar-refractivity contribution in [1.29, 1.82) is 0 Å². The van der Waals surface area contributed by atoms with E-state index in [2.05, 4.69) is 40.5 Å². The van der Waals surface area contributed by atoms with E-state index in [-0.39, 0.29) is 24.8 Å². The van der Waals surface area contributed by atoms with Crippen molar-refractivity contribution >= 4 is 48.0 Å². The second-order valence-electron chi connectivity index (χ2n) is 6.17. The molecular weight excluding hydrogens is 398 g/mol. The molecule has 2 aromatic rings. The summed E-state index contributed by atoms with van der Waals surface area (Å²) in [6.45, 7) is 4.20. The SMILES string of the molecule is Cl.Cl.Clc1ccc(CNC2CCN(Cc3ccccc3)CC2)cc1Cl. The second-order valence-corrected chi connectivity index (χ2v) is 6.98. The molecule has 2 aromatic carbocycles. The fourth-order valence-electron chi connectivity index (χ4n) is 3.05. The number of halogens is 4. The molecule has 0 spiro atoms. The highest BCUT2D eigenvalue weighted by Crippen LogP contribution is 2.23. The minimum Gasteiger partial charge on any atom is -0.310 e. The van der Waals surface area contributed by atoms with E-state index in [1.807, 2.05) is 18.2 Å². The minimum atomic E-state index is 0. The van der Waals surface area contributed by atoms with Gasteiger partial charge in [-0.15, -0.1) is 24.8 Å². The van der Waals surface area contributed by atoms with Crippen molar-refractivity contribution in [2.45, 2.75) is 32.0 Å². The Morgan fingerprint density at radius 3 is 2.20 bits per heavy atom. The lowest BCUT2D eigenvalue weighted by Gasteiger charge is -2.32. The van der Waals surface area contributed by atoms with Crippen molar-refractivity contribution in [3.05, 3.63) is 69.7 Å². The molecule has 1 N–H and O–H groups in total. The average Bonchev–Trinajstić information content (AvgIpc) is 2.58. The van der Waals surface area contributed by atoms with Gasteiger partial charge in [-0.3, -0.25) is 4.90 Å². The summed E-state index contributed by atoms with van der Waals surface area (Å²) < 4.78 is 0. The minimum absolute atomic E-state index is 0. The smallest absolute Gasteiger partial charge is 0.0595 e. The molecule has 0 bridgehead atoms. The maximum Gasteiger partial charge on any atom is 0.0595 e. The van der Waals surface area contributed by atoms with Crippen LogP contribution in [0.5, 0.6) is 0 Å². The Morgan fingerprint density at radius 1 is 0.880 bits per heavy atom. The predicted octanol–water partition coefficient (Wildman–Crippen LogP) is 5.59. The molecule has 1 aliphatic heterocycles. The van der Waals surface area contributed by atoms with Crippen molar-refractivity contribution in [2.75, 3.05) is 13.1 Å². The summed E-state index contributed by atoms with van der Waals surface area (Å²) in [5.74, 6) is 0. The number of hydrogen-bond donors (Lipinski definition) is 1. The number of nitrogens with one attached hydrogen (secondary N) is 1. The number of likely N-dealkylation sites (tertiary alicyclic amines) is 1. The molecule has 0 aliphatic carbocycles. The summed E-state index contributed by atoms with van der Waals surface area (Å²) >= 11 is 12.0. The van der Waals surface area contributed by atoms with Crippen LogP contribution >= 0.6 is 48.0 Å². The van der Waals surface area contributed by atoms with Gasteiger partial charge in [-0.2, -0.15) is 0 Å². The molecule has 0 unspecified atom stereocenters. The Bertz CT molecular complexity index is 629. The molecule has 0 aromatic heterocycles. The van der Waals surface area contributed by atoms with Gasteiger partial charge < -0.3 is 5.32 Å². The molecule has 3 rings (SSSR count). The monoisotopic (exact) mass is 420 g/mol. The van der Waals surface area contributed by atoms with Gasteiger partial charge in [0.1, 0.15) is 0 Å². The predicted molar refractivity (Wildman–Crippen MR) is 113 cm³/mol. The number of rotatable bonds is 5. The number of benzene rings is 2. The van der Waals surface area contributed by atoms with Crippen LogP contribution in [0.1, 0.15) is 24.0 Å². The molecule has 138 valence electrons. The Labute approximate surface area is 172 Å². The van der Waals surface area contributed by atoms with E-state index in [1.54, 1.807) is 0 Å². The fourth-order valence-corrected chi connectivity index (χ4v) is 3.37. The quantitative estimate of drug-likeness (QED) is 0.676. The largest absolute Gasteiger partial charge is 0.310 e. The molecule has 1 heterocycles. The molecule has 0 radical (unpaired) electrons. The van der Waals surface area contributed by atoms with Crippen LogP contribution in [0.3, 0.4) is 0 Å². The molecule has 2 nitrogen and oxygen atoms in total. The number of hydrogen-bond acceptors (Lipinski definition) is 2. The molecule has 0 saturated carbocycles. The lowest BCUT2D eigenvalue weighted by atomic mass is 10.0. The van der Waals surface area contributed by atoms with Crippen LogP contribution in [0.2, 0.25) is 10.0 Å². The van der Waals surface area contributed by atoms with Gasteiger partial charge >= 0.3 is 0 Å². The Kier molecular flexibility index (Phi) is 10.2. The molecule has 6 heteroatoms. The van der Waals surface area contributed by atoms with Gasteiger partial charge in [0, 0.05) is 19.1 Å². The summed E-state index contributed by atoms with van der Waals surface area (Å²) in [6, 6.07) is 17.1. The molecule has 1 aliphatic rings. The topological polar surface area (TPSA) is 15.3 Å².